The maximum atomic E-state index is 12.4. The lowest BCUT2D eigenvalue weighted by molar-refractivity contribution is -0.695. The van der Waals surface area contributed by atoms with E-state index in [-0.39, 0.29) is 4.90 Å². The number of nitrogens with zero attached hydrogens (tertiary/aromatic N) is 1. The Morgan fingerprint density at radius 3 is 2.68 bits per heavy atom. The third-order valence-corrected chi connectivity index (χ3v) is 5.07. The van der Waals surface area contributed by atoms with Gasteiger partial charge in [-0.15, -0.1) is 0 Å². The number of sulfonamides is 1. The van der Waals surface area contributed by atoms with Crippen molar-refractivity contribution in [2.24, 2.45) is 0 Å². The first-order chi connectivity index (χ1) is 10.4. The number of ether oxygens (including phenoxy) is 1. The van der Waals surface area contributed by atoms with Gasteiger partial charge in [0.05, 0.1) is 18.6 Å². The van der Waals surface area contributed by atoms with Gasteiger partial charge in [0.25, 0.3) is 0 Å². The summed E-state index contributed by atoms with van der Waals surface area (Å²) in [6.45, 7) is 4.82. The molecule has 22 heavy (non-hydrogen) atoms. The number of hydrogen-bond acceptors (Lipinski definition) is 3. The molecule has 0 amide bonds. The first-order valence-electron chi connectivity index (χ1n) is 7.11. The van der Waals surface area contributed by atoms with Crippen LogP contribution < -0.4 is 14.0 Å². The van der Waals surface area contributed by atoms with Crippen LogP contribution in [0.25, 0.3) is 0 Å². The largest absolute Gasteiger partial charge is 0.496 e. The molecule has 0 aliphatic carbocycles. The molecular formula is C15H22N3O3S+. The Morgan fingerprint density at radius 2 is 2.05 bits per heavy atom. The van der Waals surface area contributed by atoms with Crippen LogP contribution in [-0.4, -0.2) is 27.1 Å². The maximum absolute atomic E-state index is 12.4. The quantitative estimate of drug-likeness (QED) is 0.595. The number of methoxy groups -OCH3 is 1. The van der Waals surface area contributed by atoms with E-state index < -0.39 is 10.0 Å². The highest BCUT2D eigenvalue weighted by molar-refractivity contribution is 7.89. The zero-order valence-electron chi connectivity index (χ0n) is 13.1. The number of aromatic nitrogens is 2. The van der Waals surface area contributed by atoms with Gasteiger partial charge >= 0.3 is 0 Å². The lowest BCUT2D eigenvalue weighted by Crippen LogP contribution is -2.34. The standard InChI is InChI=1S/C15H21N3O3S/c1-12-9-13(2)15(10-14(12)21-3)22(19,20)17-5-4-7-18-8-6-16-11-18/h6,8-11,17H,4-5,7H2,1-3H3/p+1. The van der Waals surface area contributed by atoms with Crippen LogP contribution in [0.1, 0.15) is 17.5 Å². The molecule has 2 aromatic rings. The minimum absolute atomic E-state index is 0.268. The van der Waals surface area contributed by atoms with E-state index in [1.807, 2.05) is 36.3 Å². The van der Waals surface area contributed by atoms with Crippen molar-refractivity contribution in [1.29, 1.82) is 0 Å². The van der Waals surface area contributed by atoms with E-state index in [2.05, 4.69) is 9.71 Å². The topological polar surface area (TPSA) is 75.1 Å². The second kappa shape index (κ2) is 6.93. The van der Waals surface area contributed by atoms with E-state index in [0.29, 0.717) is 24.3 Å². The average molecular weight is 324 g/mol. The first-order valence-corrected chi connectivity index (χ1v) is 8.59. The van der Waals surface area contributed by atoms with Crippen LogP contribution in [0.4, 0.5) is 0 Å². The summed E-state index contributed by atoms with van der Waals surface area (Å²) >= 11 is 0. The van der Waals surface area contributed by atoms with Gasteiger partial charge in [-0.25, -0.2) is 17.7 Å². The molecule has 2 rings (SSSR count). The van der Waals surface area contributed by atoms with Crippen molar-refractivity contribution in [3.8, 4) is 5.75 Å². The van der Waals surface area contributed by atoms with E-state index in [9.17, 15) is 8.42 Å². The van der Waals surface area contributed by atoms with E-state index in [0.717, 1.165) is 12.1 Å². The van der Waals surface area contributed by atoms with E-state index in [1.165, 1.54) is 7.11 Å². The van der Waals surface area contributed by atoms with Gasteiger partial charge in [0.15, 0.2) is 0 Å². The second-order valence-corrected chi connectivity index (χ2v) is 6.92. The van der Waals surface area contributed by atoms with Crippen LogP contribution in [0.5, 0.6) is 5.75 Å². The predicted molar refractivity (Wildman–Crippen MR) is 83.3 cm³/mol. The highest BCUT2D eigenvalue weighted by atomic mass is 32.2. The summed E-state index contributed by atoms with van der Waals surface area (Å²) in [5.41, 5.74) is 1.63. The molecule has 0 atom stereocenters. The van der Waals surface area contributed by atoms with E-state index in [1.54, 1.807) is 13.0 Å². The normalized spacial score (nSPS) is 11.6. The molecule has 1 heterocycles. The molecule has 0 bridgehead atoms. The highest BCUT2D eigenvalue weighted by Gasteiger charge is 2.18. The average Bonchev–Trinajstić information content (AvgIpc) is 2.97. The third kappa shape index (κ3) is 3.86. The van der Waals surface area contributed by atoms with Crippen molar-refractivity contribution >= 4 is 10.0 Å². The Labute approximate surface area is 131 Å². The predicted octanol–water partition coefficient (Wildman–Crippen LogP) is 1.30. The number of aromatic amines is 1. The third-order valence-electron chi connectivity index (χ3n) is 3.47. The van der Waals surface area contributed by atoms with Crippen molar-refractivity contribution < 1.29 is 17.7 Å². The fraction of sp³-hybridized carbons (Fsp3) is 0.400. The van der Waals surface area contributed by atoms with Gasteiger partial charge in [-0.2, -0.15) is 0 Å². The van der Waals surface area contributed by atoms with Crippen LogP contribution in [0.15, 0.2) is 35.7 Å². The number of benzene rings is 1. The Kier molecular flexibility index (Phi) is 5.20. The summed E-state index contributed by atoms with van der Waals surface area (Å²) in [5, 5.41) is 0. The summed E-state index contributed by atoms with van der Waals surface area (Å²) in [5.74, 6) is 0.578. The van der Waals surface area contributed by atoms with Gasteiger partial charge in [-0.05, 0) is 31.4 Å². The number of imidazole rings is 1. The van der Waals surface area contributed by atoms with Gasteiger partial charge in [-0.1, -0.05) is 6.07 Å². The highest BCUT2D eigenvalue weighted by Crippen LogP contribution is 2.25. The second-order valence-electron chi connectivity index (χ2n) is 5.19. The molecule has 0 fully saturated rings. The molecule has 0 unspecified atom stereocenters. The SMILES string of the molecule is COc1cc(S(=O)(=O)NCCC[n+]2cc[nH]c2)c(C)cc1C. The zero-order valence-corrected chi connectivity index (χ0v) is 13.9. The number of nitrogens with one attached hydrogen (secondary N) is 2. The van der Waals surface area contributed by atoms with Gasteiger partial charge in [0.1, 0.15) is 18.1 Å². The van der Waals surface area contributed by atoms with Crippen molar-refractivity contribution in [2.45, 2.75) is 31.7 Å². The first kappa shape index (κ1) is 16.5. The summed E-state index contributed by atoms with van der Waals surface area (Å²) in [6, 6.07) is 3.40. The lowest BCUT2D eigenvalue weighted by Gasteiger charge is -2.12. The van der Waals surface area contributed by atoms with E-state index in [4.69, 9.17) is 4.74 Å². The molecule has 2 N–H and O–H groups in total. The fourth-order valence-corrected chi connectivity index (χ4v) is 3.64. The maximum Gasteiger partial charge on any atom is 0.241 e. The van der Waals surface area contributed by atoms with Gasteiger partial charge in [0.2, 0.25) is 16.4 Å². The van der Waals surface area contributed by atoms with Crippen molar-refractivity contribution in [1.82, 2.24) is 9.71 Å². The molecule has 0 aliphatic rings. The molecule has 120 valence electrons. The van der Waals surface area contributed by atoms with E-state index >= 15 is 0 Å². The number of rotatable bonds is 7. The Morgan fingerprint density at radius 1 is 1.27 bits per heavy atom. The van der Waals surface area contributed by atoms with Gasteiger partial charge in [0, 0.05) is 12.6 Å². The van der Waals surface area contributed by atoms with Crippen molar-refractivity contribution in [3.63, 3.8) is 0 Å². The Balaban J connectivity index is 2.03. The molecular weight excluding hydrogens is 302 g/mol. The summed E-state index contributed by atoms with van der Waals surface area (Å²) in [7, 11) is -1.99. The molecule has 0 saturated heterocycles. The smallest absolute Gasteiger partial charge is 0.241 e. The molecule has 0 saturated carbocycles. The molecule has 0 aliphatic heterocycles. The number of hydrogen-bond donors (Lipinski definition) is 2. The van der Waals surface area contributed by atoms with Crippen LogP contribution in [0, 0.1) is 13.8 Å². The summed E-state index contributed by atoms with van der Waals surface area (Å²) < 4.78 is 34.6. The van der Waals surface area contributed by atoms with Gasteiger partial charge < -0.3 is 4.74 Å². The molecule has 0 spiro atoms. The fourth-order valence-electron chi connectivity index (χ4n) is 2.33. The summed E-state index contributed by atoms with van der Waals surface area (Å²) in [4.78, 5) is 3.22. The zero-order chi connectivity index (χ0) is 16.2. The molecule has 0 radical (unpaired) electrons. The lowest BCUT2D eigenvalue weighted by atomic mass is 10.1. The minimum Gasteiger partial charge on any atom is -0.496 e. The molecule has 1 aromatic carbocycles. The molecule has 1 aromatic heterocycles. The van der Waals surface area contributed by atoms with Crippen LogP contribution in [0.3, 0.4) is 0 Å². The minimum atomic E-state index is -3.53. The molecule has 6 nitrogen and oxygen atoms in total. The Hall–Kier alpha value is -1.86. The Bertz CT molecular complexity index is 725. The van der Waals surface area contributed by atoms with Crippen molar-refractivity contribution in [2.75, 3.05) is 13.7 Å². The number of aryl methyl sites for hydroxylation is 3. The summed E-state index contributed by atoms with van der Waals surface area (Å²) in [6.07, 6.45) is 6.28. The molecule has 7 heteroatoms. The van der Waals surface area contributed by atoms with Crippen molar-refractivity contribution in [3.05, 3.63) is 42.0 Å². The van der Waals surface area contributed by atoms with Crippen LogP contribution in [0.2, 0.25) is 0 Å². The number of H-pyrrole nitrogens is 1. The van der Waals surface area contributed by atoms with Crippen LogP contribution >= 0.6 is 0 Å². The monoisotopic (exact) mass is 324 g/mol. The van der Waals surface area contributed by atoms with Crippen LogP contribution in [-0.2, 0) is 16.6 Å². The van der Waals surface area contributed by atoms with Gasteiger partial charge in [-0.3, -0.25) is 4.98 Å².